The highest BCUT2D eigenvalue weighted by Gasteiger charge is 1.93. The molecular formula is C12H20N2. The molecular weight excluding hydrogens is 172 g/mol. The third kappa shape index (κ3) is 3.38. The van der Waals surface area contributed by atoms with Crippen LogP contribution in [-0.2, 0) is 6.54 Å². The monoisotopic (exact) mass is 192 g/mol. The first kappa shape index (κ1) is 11.1. The van der Waals surface area contributed by atoms with Crippen molar-refractivity contribution in [3.05, 3.63) is 30.1 Å². The van der Waals surface area contributed by atoms with Crippen LogP contribution in [0.3, 0.4) is 0 Å². The first-order chi connectivity index (χ1) is 6.76. The van der Waals surface area contributed by atoms with Crippen LogP contribution in [0.1, 0.15) is 26.3 Å². The Labute approximate surface area is 86.6 Å². The van der Waals surface area contributed by atoms with E-state index in [0.717, 1.165) is 13.1 Å². The number of aryl methyl sites for hydroxylation is 1. The summed E-state index contributed by atoms with van der Waals surface area (Å²) in [7, 11) is 0. The van der Waals surface area contributed by atoms with Crippen molar-refractivity contribution >= 4 is 6.08 Å². The van der Waals surface area contributed by atoms with Gasteiger partial charge < -0.3 is 9.88 Å². The Morgan fingerprint density at radius 3 is 2.86 bits per heavy atom. The molecule has 1 heterocycles. The molecule has 2 nitrogen and oxygen atoms in total. The first-order valence-corrected chi connectivity index (χ1v) is 5.33. The zero-order valence-corrected chi connectivity index (χ0v) is 9.33. The number of hydrogen-bond acceptors (Lipinski definition) is 1. The normalized spacial score (nSPS) is 13.6. The Balaban J connectivity index is 2.50. The van der Waals surface area contributed by atoms with E-state index < -0.39 is 0 Å². The molecule has 0 saturated carbocycles. The molecule has 1 N–H and O–H groups in total. The maximum Gasteiger partial charge on any atom is 0.0224 e. The molecule has 1 aromatic rings. The van der Waals surface area contributed by atoms with Crippen LogP contribution >= 0.6 is 0 Å². The van der Waals surface area contributed by atoms with Crippen LogP contribution in [0.4, 0.5) is 0 Å². The lowest BCUT2D eigenvalue weighted by Gasteiger charge is -2.04. The molecule has 0 fully saturated rings. The lowest BCUT2D eigenvalue weighted by atomic mass is 10.2. The fourth-order valence-electron chi connectivity index (χ4n) is 1.40. The fourth-order valence-corrected chi connectivity index (χ4v) is 1.40. The molecule has 0 aromatic carbocycles. The number of nitrogens with one attached hydrogen (secondary N) is 1. The van der Waals surface area contributed by atoms with E-state index in [1.54, 1.807) is 0 Å². The molecule has 0 aliphatic rings. The second kappa shape index (κ2) is 5.66. The van der Waals surface area contributed by atoms with Gasteiger partial charge in [0.15, 0.2) is 0 Å². The van der Waals surface area contributed by atoms with Gasteiger partial charge >= 0.3 is 0 Å². The molecule has 0 saturated heterocycles. The summed E-state index contributed by atoms with van der Waals surface area (Å²) in [6.45, 7) is 8.49. The number of aromatic nitrogens is 1. The van der Waals surface area contributed by atoms with Gasteiger partial charge in [0.2, 0.25) is 0 Å². The highest BCUT2D eigenvalue weighted by Crippen LogP contribution is 2.04. The van der Waals surface area contributed by atoms with Crippen LogP contribution < -0.4 is 5.32 Å². The van der Waals surface area contributed by atoms with Gasteiger partial charge in [-0.15, -0.1) is 0 Å². The summed E-state index contributed by atoms with van der Waals surface area (Å²) in [5.74, 6) is 0. The van der Waals surface area contributed by atoms with Crippen molar-refractivity contribution in [1.29, 1.82) is 0 Å². The van der Waals surface area contributed by atoms with E-state index in [-0.39, 0.29) is 0 Å². The Hall–Kier alpha value is -1.02. The van der Waals surface area contributed by atoms with Crippen molar-refractivity contribution in [2.75, 3.05) is 6.54 Å². The molecule has 0 spiro atoms. The standard InChI is InChI=1S/C12H20N2/c1-4-13-11(3)6-7-12-8-9-14(5-2)10-12/h6-11,13H,4-5H2,1-3H3/b7-6+. The smallest absolute Gasteiger partial charge is 0.0224 e. The number of likely N-dealkylation sites (N-methyl/N-ethyl adjacent to an activating group) is 1. The molecule has 0 aliphatic heterocycles. The maximum absolute atomic E-state index is 3.34. The van der Waals surface area contributed by atoms with Gasteiger partial charge in [-0.1, -0.05) is 19.1 Å². The topological polar surface area (TPSA) is 17.0 Å². The SMILES string of the molecule is CCNC(C)/C=C/c1ccn(CC)c1. The summed E-state index contributed by atoms with van der Waals surface area (Å²) in [5.41, 5.74) is 1.27. The molecule has 78 valence electrons. The molecule has 14 heavy (non-hydrogen) atoms. The fraction of sp³-hybridized carbons (Fsp3) is 0.500. The van der Waals surface area contributed by atoms with Crippen LogP contribution in [0, 0.1) is 0 Å². The summed E-state index contributed by atoms with van der Waals surface area (Å²) in [6.07, 6.45) is 8.63. The predicted molar refractivity (Wildman–Crippen MR) is 62.3 cm³/mol. The van der Waals surface area contributed by atoms with E-state index in [0.29, 0.717) is 6.04 Å². The first-order valence-electron chi connectivity index (χ1n) is 5.33. The molecule has 0 amide bonds. The predicted octanol–water partition coefficient (Wildman–Crippen LogP) is 2.52. The van der Waals surface area contributed by atoms with Crippen molar-refractivity contribution in [1.82, 2.24) is 9.88 Å². The number of nitrogens with zero attached hydrogens (tertiary/aromatic N) is 1. The second-order valence-electron chi connectivity index (χ2n) is 3.48. The Morgan fingerprint density at radius 1 is 1.50 bits per heavy atom. The number of rotatable bonds is 5. The highest BCUT2D eigenvalue weighted by molar-refractivity contribution is 5.48. The lowest BCUT2D eigenvalue weighted by Crippen LogP contribution is -2.22. The molecule has 1 atom stereocenters. The van der Waals surface area contributed by atoms with Crippen LogP contribution in [-0.4, -0.2) is 17.2 Å². The summed E-state index contributed by atoms with van der Waals surface area (Å²) in [4.78, 5) is 0. The zero-order valence-electron chi connectivity index (χ0n) is 9.33. The molecule has 0 radical (unpaired) electrons. The average molecular weight is 192 g/mol. The van der Waals surface area contributed by atoms with E-state index >= 15 is 0 Å². The minimum absolute atomic E-state index is 0.449. The van der Waals surface area contributed by atoms with E-state index in [1.165, 1.54) is 5.56 Å². The zero-order chi connectivity index (χ0) is 10.4. The van der Waals surface area contributed by atoms with Crippen molar-refractivity contribution in [2.24, 2.45) is 0 Å². The van der Waals surface area contributed by atoms with Gasteiger partial charge in [-0.3, -0.25) is 0 Å². The minimum atomic E-state index is 0.449. The summed E-state index contributed by atoms with van der Waals surface area (Å²) in [5, 5.41) is 3.34. The molecule has 1 rings (SSSR count). The average Bonchev–Trinajstić information content (AvgIpc) is 2.63. The van der Waals surface area contributed by atoms with Gasteiger partial charge in [0.05, 0.1) is 0 Å². The van der Waals surface area contributed by atoms with Crippen LogP contribution in [0.25, 0.3) is 6.08 Å². The molecule has 1 aromatic heterocycles. The largest absolute Gasteiger partial charge is 0.354 e. The van der Waals surface area contributed by atoms with Gasteiger partial charge in [-0.05, 0) is 32.0 Å². The third-order valence-electron chi connectivity index (χ3n) is 2.24. The van der Waals surface area contributed by atoms with Crippen LogP contribution in [0.15, 0.2) is 24.5 Å². The summed E-state index contributed by atoms with van der Waals surface area (Å²) in [6, 6.07) is 2.59. The Bertz CT molecular complexity index is 286. The van der Waals surface area contributed by atoms with Gasteiger partial charge in [0, 0.05) is 25.0 Å². The van der Waals surface area contributed by atoms with Crippen molar-refractivity contribution in [2.45, 2.75) is 33.4 Å². The van der Waals surface area contributed by atoms with Crippen molar-refractivity contribution < 1.29 is 0 Å². The molecule has 2 heteroatoms. The van der Waals surface area contributed by atoms with Gasteiger partial charge in [0.25, 0.3) is 0 Å². The summed E-state index contributed by atoms with van der Waals surface area (Å²) >= 11 is 0. The third-order valence-corrected chi connectivity index (χ3v) is 2.24. The lowest BCUT2D eigenvalue weighted by molar-refractivity contribution is 0.663. The molecule has 0 bridgehead atoms. The quantitative estimate of drug-likeness (QED) is 0.758. The highest BCUT2D eigenvalue weighted by atomic mass is 14.9. The van der Waals surface area contributed by atoms with Gasteiger partial charge in [0.1, 0.15) is 0 Å². The van der Waals surface area contributed by atoms with Crippen LogP contribution in [0.2, 0.25) is 0 Å². The van der Waals surface area contributed by atoms with Gasteiger partial charge in [-0.2, -0.15) is 0 Å². The maximum atomic E-state index is 3.34. The Kier molecular flexibility index (Phi) is 4.47. The Morgan fingerprint density at radius 2 is 2.29 bits per heavy atom. The molecule has 0 aliphatic carbocycles. The number of hydrogen-bond donors (Lipinski definition) is 1. The van der Waals surface area contributed by atoms with Crippen LogP contribution in [0.5, 0.6) is 0 Å². The van der Waals surface area contributed by atoms with Crippen molar-refractivity contribution in [3.8, 4) is 0 Å². The van der Waals surface area contributed by atoms with E-state index in [1.807, 2.05) is 0 Å². The summed E-state index contributed by atoms with van der Waals surface area (Å²) < 4.78 is 2.18. The molecule has 1 unspecified atom stereocenters. The van der Waals surface area contributed by atoms with E-state index in [2.05, 4.69) is 61.3 Å². The van der Waals surface area contributed by atoms with E-state index in [4.69, 9.17) is 0 Å². The van der Waals surface area contributed by atoms with E-state index in [9.17, 15) is 0 Å². The minimum Gasteiger partial charge on any atom is -0.354 e. The van der Waals surface area contributed by atoms with Gasteiger partial charge in [-0.25, -0.2) is 0 Å². The second-order valence-corrected chi connectivity index (χ2v) is 3.48. The van der Waals surface area contributed by atoms with Crippen molar-refractivity contribution in [3.63, 3.8) is 0 Å².